The van der Waals surface area contributed by atoms with Crippen molar-refractivity contribution in [1.29, 1.82) is 0 Å². The maximum atomic E-state index is 13.1. The van der Waals surface area contributed by atoms with E-state index in [1.54, 1.807) is 48.3 Å². The fraction of sp³-hybridized carbons (Fsp3) is 0.286. The Balaban J connectivity index is 1.47. The van der Waals surface area contributed by atoms with Crippen LogP contribution in [0.3, 0.4) is 0 Å². The average molecular weight is 407 g/mol. The Bertz CT molecular complexity index is 1180. The molecule has 4 rings (SSSR count). The molecule has 1 aliphatic heterocycles. The van der Waals surface area contributed by atoms with Gasteiger partial charge >= 0.3 is 0 Å². The lowest BCUT2D eigenvalue weighted by Crippen LogP contribution is -2.48. The van der Waals surface area contributed by atoms with Gasteiger partial charge in [-0.05, 0) is 11.6 Å². The number of nitro groups is 1. The number of fused-ring (bicyclic) bond motifs is 1. The third-order valence-corrected chi connectivity index (χ3v) is 5.35. The van der Waals surface area contributed by atoms with Crippen LogP contribution in [0.25, 0.3) is 10.8 Å². The van der Waals surface area contributed by atoms with Crippen LogP contribution in [0.4, 0.5) is 5.69 Å². The van der Waals surface area contributed by atoms with Crippen molar-refractivity contribution < 1.29 is 9.72 Å². The highest BCUT2D eigenvalue weighted by atomic mass is 16.6. The number of nitro benzene ring substituents is 1. The molecule has 0 N–H and O–H groups in total. The Morgan fingerprint density at radius 2 is 1.77 bits per heavy atom. The first-order chi connectivity index (χ1) is 14.4. The van der Waals surface area contributed by atoms with Crippen LogP contribution in [0.2, 0.25) is 0 Å². The van der Waals surface area contributed by atoms with Crippen molar-refractivity contribution in [1.82, 2.24) is 19.6 Å². The van der Waals surface area contributed by atoms with E-state index in [0.717, 1.165) is 5.56 Å². The number of piperazine rings is 1. The molecule has 0 bridgehead atoms. The second kappa shape index (κ2) is 8.03. The van der Waals surface area contributed by atoms with Crippen molar-refractivity contribution in [3.05, 3.63) is 80.3 Å². The van der Waals surface area contributed by atoms with Gasteiger partial charge in [0.2, 0.25) is 0 Å². The lowest BCUT2D eigenvalue weighted by atomic mass is 10.1. The topological polar surface area (TPSA) is 102 Å². The molecular formula is C21H21N5O4. The first kappa shape index (κ1) is 19.7. The van der Waals surface area contributed by atoms with Gasteiger partial charge in [-0.1, -0.05) is 30.3 Å². The molecule has 1 fully saturated rings. The van der Waals surface area contributed by atoms with Gasteiger partial charge in [-0.2, -0.15) is 5.10 Å². The van der Waals surface area contributed by atoms with Crippen LogP contribution in [-0.2, 0) is 13.6 Å². The van der Waals surface area contributed by atoms with E-state index in [-0.39, 0.29) is 22.8 Å². The summed E-state index contributed by atoms with van der Waals surface area (Å²) >= 11 is 0. The number of amides is 1. The van der Waals surface area contributed by atoms with E-state index in [9.17, 15) is 19.7 Å². The fourth-order valence-corrected chi connectivity index (χ4v) is 3.74. The number of non-ortho nitro benzene ring substituents is 1. The fourth-order valence-electron chi connectivity index (χ4n) is 3.74. The molecule has 0 unspecified atom stereocenters. The van der Waals surface area contributed by atoms with Crippen LogP contribution < -0.4 is 5.56 Å². The van der Waals surface area contributed by atoms with Gasteiger partial charge in [-0.15, -0.1) is 0 Å². The molecule has 1 amide bonds. The normalized spacial score (nSPS) is 14.8. The van der Waals surface area contributed by atoms with Gasteiger partial charge in [0.25, 0.3) is 17.2 Å². The largest absolute Gasteiger partial charge is 0.335 e. The van der Waals surface area contributed by atoms with Gasteiger partial charge in [0.15, 0.2) is 5.69 Å². The van der Waals surface area contributed by atoms with E-state index >= 15 is 0 Å². The number of carbonyl (C=O) groups is 1. The van der Waals surface area contributed by atoms with E-state index in [4.69, 9.17) is 0 Å². The summed E-state index contributed by atoms with van der Waals surface area (Å²) in [7, 11) is 1.54. The van der Waals surface area contributed by atoms with Crippen LogP contribution in [0.15, 0.2) is 53.3 Å². The van der Waals surface area contributed by atoms with Crippen LogP contribution in [0.5, 0.6) is 0 Å². The molecule has 9 heteroatoms. The molecule has 2 heterocycles. The second-order valence-electron chi connectivity index (χ2n) is 7.32. The van der Waals surface area contributed by atoms with Crippen molar-refractivity contribution in [3.8, 4) is 0 Å². The molecule has 0 spiro atoms. The number of rotatable bonds is 4. The monoisotopic (exact) mass is 407 g/mol. The first-order valence-corrected chi connectivity index (χ1v) is 9.65. The molecule has 1 aromatic heterocycles. The number of benzene rings is 2. The van der Waals surface area contributed by atoms with E-state index in [0.29, 0.717) is 43.5 Å². The van der Waals surface area contributed by atoms with Crippen molar-refractivity contribution in [2.45, 2.75) is 6.54 Å². The summed E-state index contributed by atoms with van der Waals surface area (Å²) in [6.07, 6.45) is 0. The minimum Gasteiger partial charge on any atom is -0.335 e. The number of nitrogens with zero attached hydrogens (tertiary/aromatic N) is 5. The van der Waals surface area contributed by atoms with Gasteiger partial charge in [-0.25, -0.2) is 4.68 Å². The van der Waals surface area contributed by atoms with E-state index in [1.165, 1.54) is 10.7 Å². The molecule has 1 aliphatic rings. The van der Waals surface area contributed by atoms with Gasteiger partial charge in [0.1, 0.15) is 0 Å². The molecular weight excluding hydrogens is 386 g/mol. The van der Waals surface area contributed by atoms with Crippen molar-refractivity contribution >= 4 is 22.4 Å². The molecule has 2 aromatic carbocycles. The van der Waals surface area contributed by atoms with Crippen LogP contribution in [0.1, 0.15) is 16.1 Å². The predicted octanol–water partition coefficient (Wildman–Crippen LogP) is 1.80. The third kappa shape index (κ3) is 3.79. The summed E-state index contributed by atoms with van der Waals surface area (Å²) in [6, 6.07) is 13.6. The molecule has 154 valence electrons. The minimum absolute atomic E-state index is 0.0777. The highest BCUT2D eigenvalue weighted by molar-refractivity contribution is 6.04. The summed E-state index contributed by atoms with van der Waals surface area (Å²) in [5.74, 6) is -0.197. The van der Waals surface area contributed by atoms with Gasteiger partial charge < -0.3 is 4.90 Å². The smallest absolute Gasteiger partial charge is 0.275 e. The summed E-state index contributed by atoms with van der Waals surface area (Å²) in [5.41, 5.74) is 0.993. The molecule has 0 atom stereocenters. The third-order valence-electron chi connectivity index (χ3n) is 5.35. The molecule has 9 nitrogen and oxygen atoms in total. The van der Waals surface area contributed by atoms with Gasteiger partial charge in [-0.3, -0.25) is 24.6 Å². The van der Waals surface area contributed by atoms with Gasteiger partial charge in [0.05, 0.1) is 10.3 Å². The molecule has 0 radical (unpaired) electrons. The van der Waals surface area contributed by atoms with E-state index in [2.05, 4.69) is 10.00 Å². The highest BCUT2D eigenvalue weighted by Gasteiger charge is 2.25. The van der Waals surface area contributed by atoms with Crippen LogP contribution >= 0.6 is 0 Å². The van der Waals surface area contributed by atoms with Crippen molar-refractivity contribution in [3.63, 3.8) is 0 Å². The molecule has 0 saturated carbocycles. The Kier molecular flexibility index (Phi) is 5.28. The number of carbonyl (C=O) groups excluding carboxylic acids is 1. The molecule has 30 heavy (non-hydrogen) atoms. The maximum absolute atomic E-state index is 13.1. The summed E-state index contributed by atoms with van der Waals surface area (Å²) in [4.78, 5) is 39.9. The minimum atomic E-state index is -0.398. The highest BCUT2D eigenvalue weighted by Crippen LogP contribution is 2.18. The quantitative estimate of drug-likeness (QED) is 0.483. The number of hydrogen-bond acceptors (Lipinski definition) is 6. The molecule has 1 saturated heterocycles. The van der Waals surface area contributed by atoms with Crippen LogP contribution in [0, 0.1) is 10.1 Å². The standard InChI is InChI=1S/C21H21N5O4/c1-23-20(27)18-8-3-2-7-17(18)19(22-23)21(28)25-11-9-24(10-12-25)14-15-5-4-6-16(13-15)26(29)30/h2-8,13H,9-12,14H2,1H3. The van der Waals surface area contributed by atoms with Crippen molar-refractivity contribution in [2.24, 2.45) is 7.05 Å². The Hall–Kier alpha value is -3.59. The lowest BCUT2D eigenvalue weighted by Gasteiger charge is -2.34. The lowest BCUT2D eigenvalue weighted by molar-refractivity contribution is -0.384. The number of aryl methyl sites for hydroxylation is 1. The Labute approximate surface area is 172 Å². The van der Waals surface area contributed by atoms with Crippen molar-refractivity contribution in [2.75, 3.05) is 26.2 Å². The second-order valence-corrected chi connectivity index (χ2v) is 7.32. The average Bonchev–Trinajstić information content (AvgIpc) is 2.76. The molecule has 3 aromatic rings. The van der Waals surface area contributed by atoms with E-state index < -0.39 is 4.92 Å². The van der Waals surface area contributed by atoms with E-state index in [1.807, 2.05) is 6.07 Å². The zero-order valence-electron chi connectivity index (χ0n) is 16.5. The number of hydrogen-bond donors (Lipinski definition) is 0. The zero-order valence-corrected chi connectivity index (χ0v) is 16.5. The predicted molar refractivity (Wildman–Crippen MR) is 111 cm³/mol. The Morgan fingerprint density at radius 3 is 2.47 bits per heavy atom. The number of aromatic nitrogens is 2. The van der Waals surface area contributed by atoms with Gasteiger partial charge in [0, 0.05) is 57.3 Å². The maximum Gasteiger partial charge on any atom is 0.275 e. The zero-order chi connectivity index (χ0) is 21.3. The van der Waals surface area contributed by atoms with Crippen LogP contribution in [-0.4, -0.2) is 56.6 Å². The first-order valence-electron chi connectivity index (χ1n) is 9.65. The Morgan fingerprint density at radius 1 is 1.07 bits per heavy atom. The SMILES string of the molecule is Cn1nc(C(=O)N2CCN(Cc3cccc([N+](=O)[O-])c3)CC2)c2ccccc2c1=O. The summed E-state index contributed by atoms with van der Waals surface area (Å²) in [5, 5.41) is 16.2. The molecule has 0 aliphatic carbocycles. The summed E-state index contributed by atoms with van der Waals surface area (Å²) in [6.45, 7) is 2.93. The summed E-state index contributed by atoms with van der Waals surface area (Å²) < 4.78 is 1.20.